The maximum absolute atomic E-state index is 13.3. The molecule has 0 atom stereocenters. The van der Waals surface area contributed by atoms with Gasteiger partial charge in [0.15, 0.2) is 0 Å². The van der Waals surface area contributed by atoms with E-state index in [0.717, 1.165) is 31.6 Å². The van der Waals surface area contributed by atoms with Crippen molar-refractivity contribution in [2.24, 2.45) is 0 Å². The number of likely N-dealkylation sites (tertiary alicyclic amines) is 1. The number of hydrogen-bond acceptors (Lipinski definition) is 7. The summed E-state index contributed by atoms with van der Waals surface area (Å²) in [5.41, 5.74) is -0.315. The largest absolute Gasteiger partial charge is 0.492 e. The van der Waals surface area contributed by atoms with Crippen LogP contribution in [0.2, 0.25) is 0 Å². The first-order valence-corrected chi connectivity index (χ1v) is 10.4. The summed E-state index contributed by atoms with van der Waals surface area (Å²) in [5, 5.41) is 5.60. The molecule has 10 heteroatoms. The highest BCUT2D eigenvalue weighted by atomic mass is 19.4. The van der Waals surface area contributed by atoms with E-state index in [1.54, 1.807) is 36.4 Å². The molecule has 0 unspecified atom stereocenters. The van der Waals surface area contributed by atoms with Crippen molar-refractivity contribution in [2.45, 2.75) is 25.6 Å². The van der Waals surface area contributed by atoms with Gasteiger partial charge in [-0.3, -0.25) is 4.90 Å². The number of hydrogen-bond donors (Lipinski definition) is 2. The highest BCUT2D eigenvalue weighted by Gasteiger charge is 2.35. The van der Waals surface area contributed by atoms with Crippen LogP contribution >= 0.6 is 0 Å². The Morgan fingerprint density at radius 1 is 1.09 bits per heavy atom. The van der Waals surface area contributed by atoms with E-state index in [9.17, 15) is 13.2 Å². The second-order valence-corrected chi connectivity index (χ2v) is 7.43. The molecule has 0 spiro atoms. The highest BCUT2D eigenvalue weighted by molar-refractivity contribution is 5.57. The van der Waals surface area contributed by atoms with Crippen LogP contribution in [0, 0.1) is 0 Å². The molecule has 1 fully saturated rings. The molecule has 3 aromatic rings. The number of furan rings is 1. The first-order valence-electron chi connectivity index (χ1n) is 10.4. The Bertz CT molecular complexity index is 988. The number of aromatic nitrogens is 2. The number of alkyl halides is 3. The number of nitrogens with zero attached hydrogens (tertiary/aromatic N) is 3. The molecule has 1 aromatic carbocycles. The van der Waals surface area contributed by atoms with Gasteiger partial charge >= 0.3 is 6.18 Å². The number of anilines is 3. The standard InChI is InChI=1S/C22H24F3N5O2/c23-22(24,25)19-15-27-21(29-20(19)26-14-18-4-3-12-31-18)28-16-5-7-17(8-6-16)32-13-11-30-9-1-2-10-30/h3-8,12,15H,1-2,9-11,13-14H2,(H2,26,27,28,29). The minimum Gasteiger partial charge on any atom is -0.492 e. The van der Waals surface area contributed by atoms with Gasteiger partial charge in [0.25, 0.3) is 0 Å². The monoisotopic (exact) mass is 447 g/mol. The molecule has 0 radical (unpaired) electrons. The van der Waals surface area contributed by atoms with E-state index in [2.05, 4.69) is 25.5 Å². The maximum Gasteiger partial charge on any atom is 0.421 e. The molecule has 1 saturated heterocycles. The molecule has 0 amide bonds. The zero-order valence-electron chi connectivity index (χ0n) is 17.4. The Morgan fingerprint density at radius 3 is 2.56 bits per heavy atom. The summed E-state index contributed by atoms with van der Waals surface area (Å²) in [7, 11) is 0. The van der Waals surface area contributed by atoms with Crippen LogP contribution in [0.5, 0.6) is 5.75 Å². The van der Waals surface area contributed by atoms with E-state index >= 15 is 0 Å². The molecule has 1 aliphatic heterocycles. The Morgan fingerprint density at radius 2 is 1.88 bits per heavy atom. The summed E-state index contributed by atoms with van der Waals surface area (Å²) in [6, 6.07) is 10.5. The van der Waals surface area contributed by atoms with Crippen molar-refractivity contribution in [1.29, 1.82) is 0 Å². The van der Waals surface area contributed by atoms with Crippen molar-refractivity contribution < 1.29 is 22.3 Å². The molecular weight excluding hydrogens is 423 g/mol. The van der Waals surface area contributed by atoms with Crippen molar-refractivity contribution in [3.05, 3.63) is 60.2 Å². The van der Waals surface area contributed by atoms with Crippen LogP contribution < -0.4 is 15.4 Å². The fourth-order valence-electron chi connectivity index (χ4n) is 3.43. The van der Waals surface area contributed by atoms with Gasteiger partial charge in [-0.1, -0.05) is 0 Å². The molecule has 3 heterocycles. The van der Waals surface area contributed by atoms with Crippen LogP contribution in [-0.2, 0) is 12.7 Å². The fourth-order valence-corrected chi connectivity index (χ4v) is 3.43. The Labute approximate surface area is 183 Å². The molecule has 7 nitrogen and oxygen atoms in total. The molecule has 0 saturated carbocycles. The van der Waals surface area contributed by atoms with E-state index in [-0.39, 0.29) is 18.3 Å². The molecule has 0 aliphatic carbocycles. The van der Waals surface area contributed by atoms with Gasteiger partial charge in [0.2, 0.25) is 5.95 Å². The molecule has 32 heavy (non-hydrogen) atoms. The topological polar surface area (TPSA) is 75.5 Å². The second-order valence-electron chi connectivity index (χ2n) is 7.43. The number of ether oxygens (including phenoxy) is 1. The molecule has 4 rings (SSSR count). The fraction of sp³-hybridized carbons (Fsp3) is 0.364. The molecule has 170 valence electrons. The average molecular weight is 447 g/mol. The van der Waals surface area contributed by atoms with Crippen molar-refractivity contribution >= 4 is 17.5 Å². The summed E-state index contributed by atoms with van der Waals surface area (Å²) in [6.45, 7) is 3.82. The number of benzene rings is 1. The zero-order valence-corrected chi connectivity index (χ0v) is 17.4. The van der Waals surface area contributed by atoms with Gasteiger partial charge in [-0.05, 0) is 62.3 Å². The second kappa shape index (κ2) is 9.90. The maximum atomic E-state index is 13.3. The Hall–Kier alpha value is -3.27. The molecular formula is C22H24F3N5O2. The summed E-state index contributed by atoms with van der Waals surface area (Å²) < 4.78 is 50.9. The predicted octanol–water partition coefficient (Wildman–Crippen LogP) is 4.92. The molecule has 2 aromatic heterocycles. The third-order valence-electron chi connectivity index (χ3n) is 5.09. The van der Waals surface area contributed by atoms with E-state index in [1.807, 2.05) is 0 Å². The minimum absolute atomic E-state index is 0.0441. The first kappa shape index (κ1) is 21.9. The summed E-state index contributed by atoms with van der Waals surface area (Å²) in [5.74, 6) is 0.936. The van der Waals surface area contributed by atoms with Gasteiger partial charge in [-0.2, -0.15) is 18.2 Å². The molecule has 1 aliphatic rings. The van der Waals surface area contributed by atoms with Crippen LogP contribution in [0.4, 0.5) is 30.6 Å². The smallest absolute Gasteiger partial charge is 0.421 e. The lowest BCUT2D eigenvalue weighted by atomic mass is 10.3. The van der Waals surface area contributed by atoms with Gasteiger partial charge in [0.1, 0.15) is 29.5 Å². The van der Waals surface area contributed by atoms with Crippen molar-refractivity contribution in [3.8, 4) is 5.75 Å². The predicted molar refractivity (Wildman–Crippen MR) is 114 cm³/mol. The van der Waals surface area contributed by atoms with E-state index in [1.165, 1.54) is 19.1 Å². The average Bonchev–Trinajstić information content (AvgIpc) is 3.47. The van der Waals surface area contributed by atoms with Crippen LogP contribution in [0.3, 0.4) is 0 Å². The van der Waals surface area contributed by atoms with Crippen LogP contribution in [0.25, 0.3) is 0 Å². The lowest BCUT2D eigenvalue weighted by Crippen LogP contribution is -2.25. The number of rotatable bonds is 9. The normalized spacial score (nSPS) is 14.5. The van der Waals surface area contributed by atoms with Crippen molar-refractivity contribution in [2.75, 3.05) is 36.9 Å². The van der Waals surface area contributed by atoms with Crippen LogP contribution in [-0.4, -0.2) is 41.1 Å². The summed E-state index contributed by atoms with van der Waals surface area (Å²) in [6.07, 6.45) is 0.112. The van der Waals surface area contributed by atoms with Crippen LogP contribution in [0.1, 0.15) is 24.2 Å². The van der Waals surface area contributed by atoms with Gasteiger partial charge in [0, 0.05) is 18.4 Å². The van der Waals surface area contributed by atoms with Crippen LogP contribution in [0.15, 0.2) is 53.3 Å². The third kappa shape index (κ3) is 5.91. The van der Waals surface area contributed by atoms with E-state index in [0.29, 0.717) is 18.1 Å². The van der Waals surface area contributed by atoms with Crippen molar-refractivity contribution in [3.63, 3.8) is 0 Å². The lowest BCUT2D eigenvalue weighted by molar-refractivity contribution is -0.137. The van der Waals surface area contributed by atoms with Gasteiger partial charge < -0.3 is 19.8 Å². The van der Waals surface area contributed by atoms with Gasteiger partial charge in [-0.15, -0.1) is 0 Å². The summed E-state index contributed by atoms with van der Waals surface area (Å²) in [4.78, 5) is 10.2. The molecule has 2 N–H and O–H groups in total. The van der Waals surface area contributed by atoms with E-state index in [4.69, 9.17) is 9.15 Å². The van der Waals surface area contributed by atoms with Gasteiger partial charge in [-0.25, -0.2) is 4.98 Å². The molecule has 0 bridgehead atoms. The highest BCUT2D eigenvalue weighted by Crippen LogP contribution is 2.34. The lowest BCUT2D eigenvalue weighted by Gasteiger charge is -2.15. The van der Waals surface area contributed by atoms with E-state index < -0.39 is 11.7 Å². The number of nitrogens with one attached hydrogen (secondary N) is 2. The SMILES string of the molecule is FC(F)(F)c1cnc(Nc2ccc(OCCN3CCCC3)cc2)nc1NCc1ccco1. The minimum atomic E-state index is -4.59. The number of halogens is 3. The zero-order chi connectivity index (χ0) is 22.4. The summed E-state index contributed by atoms with van der Waals surface area (Å²) >= 11 is 0. The third-order valence-corrected chi connectivity index (χ3v) is 5.09. The Kier molecular flexibility index (Phi) is 6.79. The first-order chi connectivity index (χ1) is 15.5. The van der Waals surface area contributed by atoms with Gasteiger partial charge in [0.05, 0.1) is 12.8 Å². The quantitative estimate of drug-likeness (QED) is 0.482. The van der Waals surface area contributed by atoms with Crippen molar-refractivity contribution in [1.82, 2.24) is 14.9 Å². The Balaban J connectivity index is 1.38.